The van der Waals surface area contributed by atoms with Crippen LogP contribution in [0.25, 0.3) is 0 Å². The lowest BCUT2D eigenvalue weighted by molar-refractivity contribution is 0.0998. The fourth-order valence-corrected chi connectivity index (χ4v) is 3.42. The minimum atomic E-state index is 0.419. The van der Waals surface area contributed by atoms with Crippen molar-refractivity contribution in [3.63, 3.8) is 0 Å². The van der Waals surface area contributed by atoms with Crippen LogP contribution in [0, 0.1) is 5.92 Å². The lowest BCUT2D eigenvalue weighted by atomic mass is 9.90. The van der Waals surface area contributed by atoms with E-state index in [4.69, 9.17) is 10.5 Å². The SMILES string of the molecule is NC(CCC1CCCO1)CC1CCCCCC1. The van der Waals surface area contributed by atoms with E-state index in [1.54, 1.807) is 0 Å². The second-order valence-electron chi connectivity index (χ2n) is 6.07. The molecule has 0 bridgehead atoms. The van der Waals surface area contributed by atoms with E-state index >= 15 is 0 Å². The van der Waals surface area contributed by atoms with Crippen LogP contribution >= 0.6 is 0 Å². The molecule has 2 rings (SSSR count). The van der Waals surface area contributed by atoms with Gasteiger partial charge in [-0.1, -0.05) is 38.5 Å². The monoisotopic (exact) mass is 239 g/mol. The molecule has 17 heavy (non-hydrogen) atoms. The van der Waals surface area contributed by atoms with Crippen molar-refractivity contribution < 1.29 is 4.74 Å². The van der Waals surface area contributed by atoms with Gasteiger partial charge in [0.1, 0.15) is 0 Å². The Morgan fingerprint density at radius 1 is 1.00 bits per heavy atom. The van der Waals surface area contributed by atoms with Gasteiger partial charge in [-0.2, -0.15) is 0 Å². The topological polar surface area (TPSA) is 35.2 Å². The molecule has 1 aliphatic heterocycles. The molecule has 1 aliphatic carbocycles. The summed E-state index contributed by atoms with van der Waals surface area (Å²) in [6.45, 7) is 0.975. The van der Waals surface area contributed by atoms with Gasteiger partial charge in [-0.05, 0) is 38.0 Å². The summed E-state index contributed by atoms with van der Waals surface area (Å²) < 4.78 is 5.66. The standard InChI is InChI=1S/C15H29NO/c16-14(9-10-15-8-5-11-17-15)12-13-6-3-1-2-4-7-13/h13-15H,1-12,16H2. The van der Waals surface area contributed by atoms with Crippen LogP contribution in [0.15, 0.2) is 0 Å². The maximum Gasteiger partial charge on any atom is 0.0576 e. The first-order chi connectivity index (χ1) is 8.34. The third-order valence-electron chi connectivity index (χ3n) is 4.49. The summed E-state index contributed by atoms with van der Waals surface area (Å²) in [6, 6.07) is 0.419. The Balaban J connectivity index is 1.59. The maximum atomic E-state index is 6.28. The zero-order valence-corrected chi connectivity index (χ0v) is 11.2. The molecular formula is C15H29NO. The highest BCUT2D eigenvalue weighted by Gasteiger charge is 2.19. The summed E-state index contributed by atoms with van der Waals surface area (Å²) in [7, 11) is 0. The van der Waals surface area contributed by atoms with Crippen molar-refractivity contribution in [1.82, 2.24) is 0 Å². The Labute approximate surface area is 106 Å². The van der Waals surface area contributed by atoms with Gasteiger partial charge >= 0.3 is 0 Å². The third-order valence-corrected chi connectivity index (χ3v) is 4.49. The van der Waals surface area contributed by atoms with E-state index < -0.39 is 0 Å². The zero-order valence-electron chi connectivity index (χ0n) is 11.2. The molecule has 0 aromatic heterocycles. The van der Waals surface area contributed by atoms with Crippen molar-refractivity contribution in [3.8, 4) is 0 Å². The van der Waals surface area contributed by atoms with Crippen LogP contribution in [0.2, 0.25) is 0 Å². The van der Waals surface area contributed by atoms with Crippen LogP contribution in [-0.2, 0) is 4.74 Å². The molecule has 0 spiro atoms. The Morgan fingerprint density at radius 3 is 2.41 bits per heavy atom. The molecular weight excluding hydrogens is 210 g/mol. The van der Waals surface area contributed by atoms with Crippen molar-refractivity contribution in [1.29, 1.82) is 0 Å². The second-order valence-corrected chi connectivity index (χ2v) is 6.07. The van der Waals surface area contributed by atoms with E-state index in [0.29, 0.717) is 12.1 Å². The first-order valence-corrected chi connectivity index (χ1v) is 7.72. The molecule has 0 aromatic rings. The van der Waals surface area contributed by atoms with Crippen molar-refractivity contribution in [2.75, 3.05) is 6.61 Å². The van der Waals surface area contributed by atoms with Crippen LogP contribution in [-0.4, -0.2) is 18.8 Å². The number of hydrogen-bond acceptors (Lipinski definition) is 2. The zero-order chi connectivity index (χ0) is 11.9. The van der Waals surface area contributed by atoms with E-state index in [0.717, 1.165) is 12.5 Å². The van der Waals surface area contributed by atoms with Gasteiger partial charge < -0.3 is 10.5 Å². The summed E-state index contributed by atoms with van der Waals surface area (Å²) >= 11 is 0. The van der Waals surface area contributed by atoms with Gasteiger partial charge in [-0.3, -0.25) is 0 Å². The number of rotatable bonds is 5. The van der Waals surface area contributed by atoms with E-state index in [9.17, 15) is 0 Å². The van der Waals surface area contributed by atoms with Crippen molar-refractivity contribution >= 4 is 0 Å². The first kappa shape index (κ1) is 13.4. The highest BCUT2D eigenvalue weighted by Crippen LogP contribution is 2.27. The molecule has 1 saturated carbocycles. The Morgan fingerprint density at radius 2 is 1.76 bits per heavy atom. The molecule has 0 amide bonds. The molecule has 1 saturated heterocycles. The quantitative estimate of drug-likeness (QED) is 0.743. The van der Waals surface area contributed by atoms with Gasteiger partial charge in [0.15, 0.2) is 0 Å². The minimum Gasteiger partial charge on any atom is -0.378 e. The minimum absolute atomic E-state index is 0.419. The van der Waals surface area contributed by atoms with Gasteiger partial charge in [-0.25, -0.2) is 0 Å². The normalized spacial score (nSPS) is 29.1. The Bertz CT molecular complexity index is 193. The summed E-state index contributed by atoms with van der Waals surface area (Å²) in [5.41, 5.74) is 6.28. The van der Waals surface area contributed by atoms with Gasteiger partial charge in [0.25, 0.3) is 0 Å². The smallest absolute Gasteiger partial charge is 0.0576 e. The predicted molar refractivity (Wildman–Crippen MR) is 72.0 cm³/mol. The fourth-order valence-electron chi connectivity index (χ4n) is 3.42. The Kier molecular flexibility index (Phi) is 5.79. The molecule has 2 aliphatic rings. The largest absolute Gasteiger partial charge is 0.378 e. The van der Waals surface area contributed by atoms with Crippen molar-refractivity contribution in [2.45, 2.75) is 82.8 Å². The van der Waals surface area contributed by atoms with Crippen LogP contribution in [0.3, 0.4) is 0 Å². The molecule has 2 nitrogen and oxygen atoms in total. The van der Waals surface area contributed by atoms with Gasteiger partial charge in [0.05, 0.1) is 6.10 Å². The van der Waals surface area contributed by atoms with E-state index in [2.05, 4.69) is 0 Å². The average Bonchev–Trinajstić information content (AvgIpc) is 2.72. The van der Waals surface area contributed by atoms with Crippen LogP contribution in [0.5, 0.6) is 0 Å². The molecule has 0 aromatic carbocycles. The number of hydrogen-bond donors (Lipinski definition) is 1. The van der Waals surface area contributed by atoms with Crippen molar-refractivity contribution in [3.05, 3.63) is 0 Å². The summed E-state index contributed by atoms with van der Waals surface area (Å²) in [5, 5.41) is 0. The molecule has 2 fully saturated rings. The predicted octanol–water partition coefficient (Wildman–Crippen LogP) is 3.63. The van der Waals surface area contributed by atoms with Crippen molar-refractivity contribution in [2.24, 2.45) is 11.7 Å². The van der Waals surface area contributed by atoms with Gasteiger partial charge in [0.2, 0.25) is 0 Å². The highest BCUT2D eigenvalue weighted by atomic mass is 16.5. The van der Waals surface area contributed by atoms with Gasteiger partial charge in [-0.15, -0.1) is 0 Å². The molecule has 0 radical (unpaired) electrons. The summed E-state index contributed by atoms with van der Waals surface area (Å²) in [4.78, 5) is 0. The van der Waals surface area contributed by atoms with Crippen LogP contribution < -0.4 is 5.73 Å². The number of ether oxygens (including phenoxy) is 1. The molecule has 100 valence electrons. The Hall–Kier alpha value is -0.0800. The van der Waals surface area contributed by atoms with E-state index in [1.807, 2.05) is 0 Å². The van der Waals surface area contributed by atoms with Crippen LogP contribution in [0.4, 0.5) is 0 Å². The fraction of sp³-hybridized carbons (Fsp3) is 1.00. The lowest BCUT2D eigenvalue weighted by Crippen LogP contribution is -2.25. The van der Waals surface area contributed by atoms with E-state index in [-0.39, 0.29) is 0 Å². The molecule has 2 heteroatoms. The summed E-state index contributed by atoms with van der Waals surface area (Å²) in [5.74, 6) is 0.914. The average molecular weight is 239 g/mol. The molecule has 2 unspecified atom stereocenters. The molecule has 1 heterocycles. The second kappa shape index (κ2) is 7.38. The maximum absolute atomic E-state index is 6.28. The summed E-state index contributed by atoms with van der Waals surface area (Å²) in [6.07, 6.45) is 15.3. The third kappa shape index (κ3) is 4.97. The van der Waals surface area contributed by atoms with Gasteiger partial charge in [0, 0.05) is 12.6 Å². The number of nitrogens with two attached hydrogens (primary N) is 1. The lowest BCUT2D eigenvalue weighted by Gasteiger charge is -2.20. The van der Waals surface area contributed by atoms with Crippen LogP contribution in [0.1, 0.15) is 70.6 Å². The first-order valence-electron chi connectivity index (χ1n) is 7.72. The van der Waals surface area contributed by atoms with E-state index in [1.165, 1.54) is 70.6 Å². The molecule has 2 atom stereocenters. The molecule has 2 N–H and O–H groups in total. The highest BCUT2D eigenvalue weighted by molar-refractivity contribution is 4.74.